The molecule has 86 valence electrons. The van der Waals surface area contributed by atoms with Gasteiger partial charge in [0.1, 0.15) is 5.76 Å². The highest BCUT2D eigenvalue weighted by Crippen LogP contribution is 2.18. The summed E-state index contributed by atoms with van der Waals surface area (Å²) in [6.45, 7) is 5.16. The predicted octanol–water partition coefficient (Wildman–Crippen LogP) is 3.06. The van der Waals surface area contributed by atoms with Crippen LogP contribution in [0.4, 0.5) is 5.69 Å². The van der Waals surface area contributed by atoms with Crippen molar-refractivity contribution in [1.82, 2.24) is 9.78 Å². The summed E-state index contributed by atoms with van der Waals surface area (Å²) in [6, 6.07) is 4.02. The molecular weight excluding hydrogens is 202 g/mol. The number of hydrogen-bond donors (Lipinski definition) is 1. The zero-order valence-electron chi connectivity index (χ0n) is 9.68. The summed E-state index contributed by atoms with van der Waals surface area (Å²) < 4.78 is 7.27. The maximum Gasteiger partial charge on any atom is 0.125 e. The van der Waals surface area contributed by atoms with Crippen LogP contribution in [0.5, 0.6) is 0 Å². The Morgan fingerprint density at radius 2 is 2.44 bits per heavy atom. The van der Waals surface area contributed by atoms with Gasteiger partial charge in [-0.2, -0.15) is 5.10 Å². The zero-order valence-corrected chi connectivity index (χ0v) is 9.68. The quantitative estimate of drug-likeness (QED) is 0.840. The first kappa shape index (κ1) is 10.8. The van der Waals surface area contributed by atoms with Gasteiger partial charge in [0.2, 0.25) is 0 Å². The molecule has 2 rings (SSSR count). The van der Waals surface area contributed by atoms with E-state index < -0.39 is 0 Å². The van der Waals surface area contributed by atoms with Crippen molar-refractivity contribution < 1.29 is 4.42 Å². The summed E-state index contributed by atoms with van der Waals surface area (Å²) in [4.78, 5) is 0. The molecule has 2 aromatic rings. The fraction of sp³-hybridized carbons (Fsp3) is 0.417. The lowest BCUT2D eigenvalue weighted by atomic mass is 10.2. The average molecular weight is 219 g/mol. The van der Waals surface area contributed by atoms with Gasteiger partial charge in [-0.15, -0.1) is 0 Å². The molecule has 0 saturated heterocycles. The third kappa shape index (κ3) is 2.45. The molecule has 2 aromatic heterocycles. The molecule has 0 aliphatic carbocycles. The van der Waals surface area contributed by atoms with Gasteiger partial charge in [-0.1, -0.05) is 6.92 Å². The van der Waals surface area contributed by atoms with E-state index in [1.165, 1.54) is 0 Å². The molecule has 1 unspecified atom stereocenters. The second kappa shape index (κ2) is 4.88. The first-order valence-electron chi connectivity index (χ1n) is 5.62. The van der Waals surface area contributed by atoms with Crippen molar-refractivity contribution in [2.75, 3.05) is 5.32 Å². The van der Waals surface area contributed by atoms with Crippen LogP contribution in [0.15, 0.2) is 35.2 Å². The lowest BCUT2D eigenvalue weighted by Gasteiger charge is -2.10. The van der Waals surface area contributed by atoms with E-state index in [1.54, 1.807) is 6.26 Å². The first-order valence-corrected chi connectivity index (χ1v) is 5.62. The molecule has 0 aromatic carbocycles. The van der Waals surface area contributed by atoms with E-state index in [0.717, 1.165) is 24.4 Å². The SMILES string of the molecule is CCCn1cc(NC(C)c2ccco2)cn1. The van der Waals surface area contributed by atoms with E-state index >= 15 is 0 Å². The highest BCUT2D eigenvalue weighted by molar-refractivity contribution is 5.40. The highest BCUT2D eigenvalue weighted by atomic mass is 16.3. The van der Waals surface area contributed by atoms with Crippen molar-refractivity contribution in [3.63, 3.8) is 0 Å². The average Bonchev–Trinajstić information content (AvgIpc) is 2.89. The van der Waals surface area contributed by atoms with Crippen LogP contribution in [-0.2, 0) is 6.54 Å². The van der Waals surface area contributed by atoms with E-state index in [-0.39, 0.29) is 6.04 Å². The molecule has 0 bridgehead atoms. The topological polar surface area (TPSA) is 43.0 Å². The largest absolute Gasteiger partial charge is 0.467 e. The van der Waals surface area contributed by atoms with E-state index in [0.29, 0.717) is 0 Å². The predicted molar refractivity (Wildman–Crippen MR) is 63.3 cm³/mol. The molecule has 2 heterocycles. The summed E-state index contributed by atoms with van der Waals surface area (Å²) in [5.74, 6) is 0.934. The monoisotopic (exact) mass is 219 g/mol. The number of aryl methyl sites for hydroxylation is 1. The molecule has 1 N–H and O–H groups in total. The third-order valence-corrected chi connectivity index (χ3v) is 2.44. The van der Waals surface area contributed by atoms with Gasteiger partial charge >= 0.3 is 0 Å². The van der Waals surface area contributed by atoms with Gasteiger partial charge in [0.05, 0.1) is 24.2 Å². The van der Waals surface area contributed by atoms with E-state index in [9.17, 15) is 0 Å². The highest BCUT2D eigenvalue weighted by Gasteiger charge is 2.08. The molecule has 4 nitrogen and oxygen atoms in total. The van der Waals surface area contributed by atoms with Crippen LogP contribution in [-0.4, -0.2) is 9.78 Å². The van der Waals surface area contributed by atoms with E-state index in [1.807, 2.05) is 29.2 Å². The van der Waals surface area contributed by atoms with Crippen LogP contribution >= 0.6 is 0 Å². The van der Waals surface area contributed by atoms with Gasteiger partial charge in [0, 0.05) is 12.7 Å². The van der Waals surface area contributed by atoms with Gasteiger partial charge in [-0.05, 0) is 25.5 Å². The number of hydrogen-bond acceptors (Lipinski definition) is 3. The Hall–Kier alpha value is -1.71. The summed E-state index contributed by atoms with van der Waals surface area (Å²) >= 11 is 0. The maximum absolute atomic E-state index is 5.33. The fourth-order valence-corrected chi connectivity index (χ4v) is 1.65. The molecule has 0 aliphatic rings. The Kier molecular flexibility index (Phi) is 3.29. The van der Waals surface area contributed by atoms with Crippen molar-refractivity contribution in [1.29, 1.82) is 0 Å². The van der Waals surface area contributed by atoms with Gasteiger partial charge in [0.25, 0.3) is 0 Å². The molecule has 0 aliphatic heterocycles. The molecule has 16 heavy (non-hydrogen) atoms. The fourth-order valence-electron chi connectivity index (χ4n) is 1.65. The van der Waals surface area contributed by atoms with Crippen LogP contribution in [0.25, 0.3) is 0 Å². The van der Waals surface area contributed by atoms with Crippen molar-refractivity contribution in [2.24, 2.45) is 0 Å². The number of nitrogens with zero attached hydrogens (tertiary/aromatic N) is 2. The minimum atomic E-state index is 0.161. The summed E-state index contributed by atoms with van der Waals surface area (Å²) in [5, 5.41) is 7.61. The second-order valence-corrected chi connectivity index (χ2v) is 3.87. The molecule has 0 radical (unpaired) electrons. The second-order valence-electron chi connectivity index (χ2n) is 3.87. The van der Waals surface area contributed by atoms with Crippen molar-refractivity contribution in [3.8, 4) is 0 Å². The molecule has 4 heteroatoms. The number of furan rings is 1. The Bertz CT molecular complexity index is 419. The molecule has 0 spiro atoms. The van der Waals surface area contributed by atoms with Gasteiger partial charge in [-0.3, -0.25) is 4.68 Å². The number of anilines is 1. The molecular formula is C12H17N3O. The zero-order chi connectivity index (χ0) is 11.4. The molecule has 0 saturated carbocycles. The maximum atomic E-state index is 5.33. The minimum Gasteiger partial charge on any atom is -0.467 e. The molecule has 0 amide bonds. The Balaban J connectivity index is 1.98. The van der Waals surface area contributed by atoms with Gasteiger partial charge in [0.15, 0.2) is 0 Å². The number of nitrogens with one attached hydrogen (secondary N) is 1. The van der Waals surface area contributed by atoms with E-state index in [2.05, 4.69) is 24.3 Å². The lowest BCUT2D eigenvalue weighted by Crippen LogP contribution is -2.04. The van der Waals surface area contributed by atoms with Crippen molar-refractivity contribution >= 4 is 5.69 Å². The van der Waals surface area contributed by atoms with Crippen LogP contribution in [0, 0.1) is 0 Å². The van der Waals surface area contributed by atoms with Gasteiger partial charge < -0.3 is 9.73 Å². The summed E-state index contributed by atoms with van der Waals surface area (Å²) in [6.07, 6.45) is 6.64. The number of aromatic nitrogens is 2. The van der Waals surface area contributed by atoms with Crippen molar-refractivity contribution in [3.05, 3.63) is 36.5 Å². The third-order valence-electron chi connectivity index (χ3n) is 2.44. The van der Waals surface area contributed by atoms with Crippen LogP contribution in [0.1, 0.15) is 32.1 Å². The number of rotatable bonds is 5. The van der Waals surface area contributed by atoms with Crippen LogP contribution in [0.2, 0.25) is 0 Å². The van der Waals surface area contributed by atoms with Crippen molar-refractivity contribution in [2.45, 2.75) is 32.9 Å². The summed E-state index contributed by atoms with van der Waals surface area (Å²) in [7, 11) is 0. The summed E-state index contributed by atoms with van der Waals surface area (Å²) in [5.41, 5.74) is 1.03. The normalized spacial score (nSPS) is 12.6. The smallest absolute Gasteiger partial charge is 0.125 e. The minimum absolute atomic E-state index is 0.161. The Morgan fingerprint density at radius 1 is 1.56 bits per heavy atom. The standard InChI is InChI=1S/C12H17N3O/c1-3-6-15-9-11(8-13-15)14-10(2)12-5-4-7-16-12/h4-5,7-10,14H,3,6H2,1-2H3. The van der Waals surface area contributed by atoms with E-state index in [4.69, 9.17) is 4.42 Å². The molecule has 0 fully saturated rings. The Morgan fingerprint density at radius 3 is 3.12 bits per heavy atom. The first-order chi connectivity index (χ1) is 7.79. The van der Waals surface area contributed by atoms with Gasteiger partial charge in [-0.25, -0.2) is 0 Å². The molecule has 1 atom stereocenters. The van der Waals surface area contributed by atoms with Crippen LogP contribution in [0.3, 0.4) is 0 Å². The van der Waals surface area contributed by atoms with Crippen LogP contribution < -0.4 is 5.32 Å². The Labute approximate surface area is 95.3 Å². The lowest BCUT2D eigenvalue weighted by molar-refractivity contribution is 0.490.